The van der Waals surface area contributed by atoms with E-state index in [9.17, 15) is 9.90 Å². The summed E-state index contributed by atoms with van der Waals surface area (Å²) >= 11 is 0. The molecule has 0 spiro atoms. The topological polar surface area (TPSA) is 57.5 Å². The Bertz CT molecular complexity index is 408. The molecule has 0 radical (unpaired) electrons. The van der Waals surface area contributed by atoms with Gasteiger partial charge >= 0.3 is 5.97 Å². The van der Waals surface area contributed by atoms with Gasteiger partial charge in [0.1, 0.15) is 5.60 Å². The van der Waals surface area contributed by atoms with E-state index in [0.29, 0.717) is 5.56 Å². The highest BCUT2D eigenvalue weighted by molar-refractivity contribution is 5.71. The molecule has 2 N–H and O–H groups in total. The standard InChI is InChI=1S/C13H18O3/c1-8-5-6-9(2)11(7-8)13(4,16)10(3)12(14)15/h5-7,10,16H,1-4H3,(H,14,15). The third kappa shape index (κ3) is 2.25. The zero-order valence-electron chi connectivity index (χ0n) is 10.1. The molecule has 3 nitrogen and oxygen atoms in total. The Kier molecular flexibility index (Phi) is 3.38. The molecule has 1 aromatic carbocycles. The molecule has 0 fully saturated rings. The highest BCUT2D eigenvalue weighted by Crippen LogP contribution is 2.32. The number of hydrogen-bond donors (Lipinski definition) is 2. The van der Waals surface area contributed by atoms with Gasteiger partial charge in [-0.2, -0.15) is 0 Å². The molecule has 3 heteroatoms. The van der Waals surface area contributed by atoms with Gasteiger partial charge in [0.2, 0.25) is 0 Å². The van der Waals surface area contributed by atoms with Gasteiger partial charge in [-0.15, -0.1) is 0 Å². The molecule has 16 heavy (non-hydrogen) atoms. The number of carbonyl (C=O) groups is 1. The van der Waals surface area contributed by atoms with E-state index >= 15 is 0 Å². The van der Waals surface area contributed by atoms with Crippen molar-refractivity contribution in [2.24, 2.45) is 5.92 Å². The Hall–Kier alpha value is -1.35. The number of aryl methyl sites for hydroxylation is 2. The van der Waals surface area contributed by atoms with E-state index in [-0.39, 0.29) is 0 Å². The van der Waals surface area contributed by atoms with Gasteiger partial charge < -0.3 is 10.2 Å². The van der Waals surface area contributed by atoms with Crippen LogP contribution < -0.4 is 0 Å². The molecule has 0 bridgehead atoms. The Labute approximate surface area is 95.7 Å². The summed E-state index contributed by atoms with van der Waals surface area (Å²) < 4.78 is 0. The lowest BCUT2D eigenvalue weighted by atomic mass is 9.81. The van der Waals surface area contributed by atoms with Crippen LogP contribution in [0, 0.1) is 19.8 Å². The van der Waals surface area contributed by atoms with E-state index in [1.165, 1.54) is 6.92 Å². The summed E-state index contributed by atoms with van der Waals surface area (Å²) in [4.78, 5) is 11.0. The van der Waals surface area contributed by atoms with Crippen LogP contribution in [0.5, 0.6) is 0 Å². The number of hydrogen-bond acceptors (Lipinski definition) is 2. The molecule has 2 unspecified atom stereocenters. The highest BCUT2D eigenvalue weighted by atomic mass is 16.4. The minimum Gasteiger partial charge on any atom is -0.481 e. The van der Waals surface area contributed by atoms with Gasteiger partial charge in [-0.25, -0.2) is 0 Å². The summed E-state index contributed by atoms with van der Waals surface area (Å²) in [5.41, 5.74) is 1.26. The van der Waals surface area contributed by atoms with Crippen molar-refractivity contribution in [1.82, 2.24) is 0 Å². The molecule has 1 aromatic rings. The molecule has 0 aliphatic rings. The number of aliphatic carboxylic acids is 1. The molecule has 1 rings (SSSR count). The molecule has 0 heterocycles. The first kappa shape index (κ1) is 12.7. The lowest BCUT2D eigenvalue weighted by molar-refractivity contribution is -0.150. The van der Waals surface area contributed by atoms with Crippen LogP contribution >= 0.6 is 0 Å². The number of carboxylic acid groups (broad SMARTS) is 1. The van der Waals surface area contributed by atoms with Gasteiger partial charge in [0.25, 0.3) is 0 Å². The summed E-state index contributed by atoms with van der Waals surface area (Å²) in [6, 6.07) is 5.68. The Morgan fingerprint density at radius 2 is 1.94 bits per heavy atom. The summed E-state index contributed by atoms with van der Waals surface area (Å²) in [6.07, 6.45) is 0. The molecule has 0 saturated heterocycles. The molecule has 0 aromatic heterocycles. The van der Waals surface area contributed by atoms with Crippen molar-refractivity contribution < 1.29 is 15.0 Å². The van der Waals surface area contributed by atoms with Crippen LogP contribution in [0.4, 0.5) is 0 Å². The van der Waals surface area contributed by atoms with Crippen LogP contribution in [0.3, 0.4) is 0 Å². The predicted molar refractivity (Wildman–Crippen MR) is 62.3 cm³/mol. The van der Waals surface area contributed by atoms with Gasteiger partial charge in [0.05, 0.1) is 5.92 Å². The Morgan fingerprint density at radius 3 is 2.44 bits per heavy atom. The van der Waals surface area contributed by atoms with Crippen molar-refractivity contribution in [3.05, 3.63) is 34.9 Å². The molecule has 0 saturated carbocycles. The summed E-state index contributed by atoms with van der Waals surface area (Å²) in [6.45, 7) is 6.86. The van der Waals surface area contributed by atoms with Gasteiger partial charge in [-0.3, -0.25) is 4.79 Å². The molecule has 2 atom stereocenters. The lowest BCUT2D eigenvalue weighted by Crippen LogP contribution is -2.35. The van der Waals surface area contributed by atoms with E-state index in [1.54, 1.807) is 6.92 Å². The largest absolute Gasteiger partial charge is 0.481 e. The Morgan fingerprint density at radius 1 is 1.38 bits per heavy atom. The van der Waals surface area contributed by atoms with Gasteiger partial charge in [0.15, 0.2) is 0 Å². The molecule has 0 aliphatic carbocycles. The van der Waals surface area contributed by atoms with E-state index in [4.69, 9.17) is 5.11 Å². The first-order valence-corrected chi connectivity index (χ1v) is 5.29. The third-order valence-electron chi connectivity index (χ3n) is 3.15. The van der Waals surface area contributed by atoms with Crippen LogP contribution in [0.2, 0.25) is 0 Å². The van der Waals surface area contributed by atoms with Crippen molar-refractivity contribution in [2.75, 3.05) is 0 Å². The van der Waals surface area contributed by atoms with Crippen molar-refractivity contribution in [3.8, 4) is 0 Å². The summed E-state index contributed by atoms with van der Waals surface area (Å²) in [5.74, 6) is -1.83. The smallest absolute Gasteiger partial charge is 0.309 e. The molecular weight excluding hydrogens is 204 g/mol. The van der Waals surface area contributed by atoms with Crippen LogP contribution in [-0.2, 0) is 10.4 Å². The van der Waals surface area contributed by atoms with Crippen molar-refractivity contribution >= 4 is 5.97 Å². The second-order valence-corrected chi connectivity index (χ2v) is 4.53. The monoisotopic (exact) mass is 222 g/mol. The first-order valence-electron chi connectivity index (χ1n) is 5.29. The maximum atomic E-state index is 11.0. The number of rotatable bonds is 3. The van der Waals surface area contributed by atoms with Gasteiger partial charge in [-0.1, -0.05) is 23.8 Å². The van der Waals surface area contributed by atoms with Crippen LogP contribution in [0.1, 0.15) is 30.5 Å². The van der Waals surface area contributed by atoms with E-state index in [2.05, 4.69) is 0 Å². The quantitative estimate of drug-likeness (QED) is 0.824. The fourth-order valence-electron chi connectivity index (χ4n) is 1.75. The van der Waals surface area contributed by atoms with Gasteiger partial charge in [0, 0.05) is 0 Å². The first-order chi connectivity index (χ1) is 7.26. The lowest BCUT2D eigenvalue weighted by Gasteiger charge is -2.29. The fourth-order valence-corrected chi connectivity index (χ4v) is 1.75. The number of carboxylic acids is 1. The van der Waals surface area contributed by atoms with E-state index < -0.39 is 17.5 Å². The van der Waals surface area contributed by atoms with Crippen molar-refractivity contribution in [2.45, 2.75) is 33.3 Å². The summed E-state index contributed by atoms with van der Waals surface area (Å²) in [7, 11) is 0. The molecule has 88 valence electrons. The zero-order chi connectivity index (χ0) is 12.5. The SMILES string of the molecule is Cc1ccc(C)c(C(C)(O)C(C)C(=O)O)c1. The zero-order valence-corrected chi connectivity index (χ0v) is 10.1. The minimum atomic E-state index is -1.35. The van der Waals surface area contributed by atoms with Crippen LogP contribution in [-0.4, -0.2) is 16.2 Å². The second kappa shape index (κ2) is 4.26. The summed E-state index contributed by atoms with van der Waals surface area (Å²) in [5, 5.41) is 19.3. The molecule has 0 amide bonds. The average molecular weight is 222 g/mol. The maximum absolute atomic E-state index is 11.0. The number of aliphatic hydroxyl groups is 1. The second-order valence-electron chi connectivity index (χ2n) is 4.53. The van der Waals surface area contributed by atoms with Crippen LogP contribution in [0.25, 0.3) is 0 Å². The highest BCUT2D eigenvalue weighted by Gasteiger charge is 2.36. The van der Waals surface area contributed by atoms with E-state index in [1.807, 2.05) is 32.0 Å². The van der Waals surface area contributed by atoms with Crippen molar-refractivity contribution in [3.63, 3.8) is 0 Å². The predicted octanol–water partition coefficient (Wildman–Crippen LogP) is 2.23. The Balaban J connectivity index is 3.25. The maximum Gasteiger partial charge on any atom is 0.309 e. The minimum absolute atomic E-state index is 0.683. The van der Waals surface area contributed by atoms with Crippen molar-refractivity contribution in [1.29, 1.82) is 0 Å². The van der Waals surface area contributed by atoms with Crippen LogP contribution in [0.15, 0.2) is 18.2 Å². The average Bonchev–Trinajstić information content (AvgIpc) is 2.20. The van der Waals surface area contributed by atoms with E-state index in [0.717, 1.165) is 11.1 Å². The fraction of sp³-hybridized carbons (Fsp3) is 0.462. The molecular formula is C13H18O3. The number of benzene rings is 1. The van der Waals surface area contributed by atoms with Gasteiger partial charge in [-0.05, 0) is 38.8 Å². The molecule has 0 aliphatic heterocycles. The normalized spacial score (nSPS) is 16.6. The third-order valence-corrected chi connectivity index (χ3v) is 3.15.